The zero-order valence-electron chi connectivity index (χ0n) is 17.5. The molecule has 1 N–H and O–H groups in total. The Morgan fingerprint density at radius 3 is 2.45 bits per heavy atom. The summed E-state index contributed by atoms with van der Waals surface area (Å²) >= 11 is 7.14. The van der Waals surface area contributed by atoms with Crippen LogP contribution in [0.2, 0.25) is 0 Å². The van der Waals surface area contributed by atoms with Gasteiger partial charge in [0.1, 0.15) is 5.00 Å². The monoisotopic (exact) mass is 479 g/mol. The van der Waals surface area contributed by atoms with E-state index in [1.54, 1.807) is 35.6 Å². The molecular formula is C21H25N3O4S3. The van der Waals surface area contributed by atoms with Gasteiger partial charge >= 0.3 is 5.97 Å². The van der Waals surface area contributed by atoms with Gasteiger partial charge in [-0.2, -0.15) is 4.31 Å². The second-order valence-corrected chi connectivity index (χ2v) is 11.1. The average molecular weight is 480 g/mol. The van der Waals surface area contributed by atoms with Crippen molar-refractivity contribution in [3.05, 3.63) is 45.8 Å². The maximum absolute atomic E-state index is 12.9. The fourth-order valence-corrected chi connectivity index (χ4v) is 7.03. The molecule has 2 heterocycles. The van der Waals surface area contributed by atoms with E-state index in [1.807, 2.05) is 11.8 Å². The first-order valence-corrected chi connectivity index (χ1v) is 12.8. The number of hydrogen-bond acceptors (Lipinski definition) is 6. The maximum atomic E-state index is 12.9. The summed E-state index contributed by atoms with van der Waals surface area (Å²) in [5.74, 6) is -0.348. The van der Waals surface area contributed by atoms with Crippen molar-refractivity contribution < 1.29 is 17.9 Å². The third-order valence-electron chi connectivity index (χ3n) is 5.72. The van der Waals surface area contributed by atoms with Crippen LogP contribution in [0.25, 0.3) is 0 Å². The van der Waals surface area contributed by atoms with E-state index in [4.69, 9.17) is 17.0 Å². The molecule has 0 amide bonds. The van der Waals surface area contributed by atoms with Crippen LogP contribution in [0.1, 0.15) is 32.8 Å². The summed E-state index contributed by atoms with van der Waals surface area (Å²) in [5, 5.41) is 4.44. The zero-order valence-corrected chi connectivity index (χ0v) is 20.0. The van der Waals surface area contributed by atoms with Gasteiger partial charge in [-0.25, -0.2) is 13.2 Å². The Hall–Kier alpha value is -2.01. The zero-order chi connectivity index (χ0) is 22.2. The number of piperazine rings is 1. The number of thiophene rings is 1. The summed E-state index contributed by atoms with van der Waals surface area (Å²) in [5.41, 5.74) is 2.67. The van der Waals surface area contributed by atoms with Gasteiger partial charge in [0, 0.05) is 31.1 Å². The predicted octanol–water partition coefficient (Wildman–Crippen LogP) is 3.04. The molecular weight excluding hydrogens is 454 g/mol. The van der Waals surface area contributed by atoms with Gasteiger partial charge in [0.05, 0.1) is 17.6 Å². The van der Waals surface area contributed by atoms with Gasteiger partial charge < -0.3 is 15.0 Å². The number of aryl methyl sites for hydroxylation is 2. The number of benzene rings is 1. The van der Waals surface area contributed by atoms with Crippen LogP contribution in [-0.2, 0) is 27.6 Å². The number of anilines is 1. The minimum atomic E-state index is -3.52. The molecule has 1 fully saturated rings. The van der Waals surface area contributed by atoms with Gasteiger partial charge in [-0.05, 0) is 56.1 Å². The molecule has 0 unspecified atom stereocenters. The number of carbonyl (C=O) groups is 1. The number of methoxy groups -OCH3 is 1. The number of fused-ring (bicyclic) bond motifs is 1. The first-order chi connectivity index (χ1) is 14.8. The van der Waals surface area contributed by atoms with Crippen LogP contribution in [0, 0.1) is 6.92 Å². The largest absolute Gasteiger partial charge is 0.465 e. The molecule has 1 aromatic heterocycles. The topological polar surface area (TPSA) is 79.0 Å². The predicted molar refractivity (Wildman–Crippen MR) is 125 cm³/mol. The van der Waals surface area contributed by atoms with Gasteiger partial charge in [0.15, 0.2) is 5.11 Å². The molecule has 1 aliphatic carbocycles. The Balaban J connectivity index is 1.43. The van der Waals surface area contributed by atoms with Crippen molar-refractivity contribution in [3.8, 4) is 0 Å². The molecule has 1 saturated heterocycles. The molecule has 2 aliphatic rings. The van der Waals surface area contributed by atoms with E-state index in [2.05, 4.69) is 5.32 Å². The van der Waals surface area contributed by atoms with E-state index in [0.717, 1.165) is 35.4 Å². The van der Waals surface area contributed by atoms with Crippen LogP contribution in [-0.4, -0.2) is 62.0 Å². The standard InChI is InChI=1S/C21H25N3O4S3/c1-14-6-8-15(9-7-14)31(26,27)24-12-10-23(11-13-24)21(29)22-19-18(20(25)28-2)16-4-3-5-17(16)30-19/h6-9H,3-5,10-13H2,1-2H3,(H,22,29). The first kappa shape index (κ1) is 22.2. The van der Waals surface area contributed by atoms with E-state index in [1.165, 1.54) is 16.3 Å². The summed E-state index contributed by atoms with van der Waals surface area (Å²) in [6, 6.07) is 6.90. The fraction of sp³-hybridized carbons (Fsp3) is 0.429. The van der Waals surface area contributed by atoms with E-state index >= 15 is 0 Å². The second kappa shape index (κ2) is 8.85. The van der Waals surface area contributed by atoms with Crippen LogP contribution in [0.5, 0.6) is 0 Å². The van der Waals surface area contributed by atoms with Crippen molar-refractivity contribution in [3.63, 3.8) is 0 Å². The normalized spacial score (nSPS) is 16.8. The van der Waals surface area contributed by atoms with Gasteiger partial charge in [-0.15, -0.1) is 11.3 Å². The molecule has 166 valence electrons. The molecule has 4 rings (SSSR count). The van der Waals surface area contributed by atoms with Crippen molar-refractivity contribution in [2.24, 2.45) is 0 Å². The number of sulfonamides is 1. The maximum Gasteiger partial charge on any atom is 0.341 e. The Morgan fingerprint density at radius 1 is 1.13 bits per heavy atom. The number of rotatable bonds is 4. The smallest absolute Gasteiger partial charge is 0.341 e. The number of esters is 1. The Kier molecular flexibility index (Phi) is 6.34. The first-order valence-electron chi connectivity index (χ1n) is 10.2. The van der Waals surface area contributed by atoms with Crippen LogP contribution in [0.3, 0.4) is 0 Å². The van der Waals surface area contributed by atoms with Crippen molar-refractivity contribution in [1.29, 1.82) is 0 Å². The highest BCUT2D eigenvalue weighted by atomic mass is 32.2. The Morgan fingerprint density at radius 2 is 1.81 bits per heavy atom. The third-order valence-corrected chi connectivity index (χ3v) is 9.20. The lowest BCUT2D eigenvalue weighted by molar-refractivity contribution is 0.0601. The second-order valence-electron chi connectivity index (χ2n) is 7.69. The molecule has 0 saturated carbocycles. The lowest BCUT2D eigenvalue weighted by atomic mass is 10.1. The summed E-state index contributed by atoms with van der Waals surface area (Å²) < 4.78 is 32.3. The van der Waals surface area contributed by atoms with Crippen molar-refractivity contribution >= 4 is 49.7 Å². The highest BCUT2D eigenvalue weighted by molar-refractivity contribution is 7.89. The van der Waals surface area contributed by atoms with Crippen LogP contribution in [0.4, 0.5) is 5.00 Å². The van der Waals surface area contributed by atoms with Gasteiger partial charge in [0.25, 0.3) is 0 Å². The van der Waals surface area contributed by atoms with E-state index in [-0.39, 0.29) is 5.97 Å². The molecule has 0 atom stereocenters. The highest BCUT2D eigenvalue weighted by Gasteiger charge is 2.31. The SMILES string of the molecule is COC(=O)c1c(NC(=S)N2CCN(S(=O)(=O)c3ccc(C)cc3)CC2)sc2c1CCC2. The molecule has 7 nitrogen and oxygen atoms in total. The molecule has 31 heavy (non-hydrogen) atoms. The number of nitrogens with zero attached hydrogens (tertiary/aromatic N) is 2. The summed E-state index contributed by atoms with van der Waals surface area (Å²) in [7, 11) is -2.14. The molecule has 0 spiro atoms. The minimum Gasteiger partial charge on any atom is -0.465 e. The summed E-state index contributed by atoms with van der Waals surface area (Å²) in [6.45, 7) is 3.59. The van der Waals surface area contributed by atoms with Crippen molar-refractivity contribution in [2.45, 2.75) is 31.1 Å². The number of hydrogen-bond donors (Lipinski definition) is 1. The lowest BCUT2D eigenvalue weighted by Gasteiger charge is -2.35. The van der Waals surface area contributed by atoms with Gasteiger partial charge in [-0.3, -0.25) is 0 Å². The fourth-order valence-electron chi connectivity index (χ4n) is 3.98. The van der Waals surface area contributed by atoms with Gasteiger partial charge in [-0.1, -0.05) is 17.7 Å². The number of carbonyl (C=O) groups excluding carboxylic acids is 1. The number of nitrogens with one attached hydrogen (secondary N) is 1. The van der Waals surface area contributed by atoms with E-state index < -0.39 is 10.0 Å². The van der Waals surface area contributed by atoms with Gasteiger partial charge in [0.2, 0.25) is 10.0 Å². The quantitative estimate of drug-likeness (QED) is 0.533. The molecule has 1 aliphatic heterocycles. The van der Waals surface area contributed by atoms with Crippen LogP contribution < -0.4 is 5.32 Å². The minimum absolute atomic E-state index is 0.308. The molecule has 10 heteroatoms. The molecule has 2 aromatic rings. The number of ether oxygens (including phenoxy) is 1. The Bertz CT molecular complexity index is 1100. The number of thiocarbonyl (C=S) groups is 1. The van der Waals surface area contributed by atoms with Crippen LogP contribution >= 0.6 is 23.6 Å². The van der Waals surface area contributed by atoms with Crippen molar-refractivity contribution in [2.75, 3.05) is 38.6 Å². The Labute approximate surface area is 192 Å². The third kappa shape index (κ3) is 4.34. The highest BCUT2D eigenvalue weighted by Crippen LogP contribution is 2.39. The average Bonchev–Trinajstić information content (AvgIpc) is 3.34. The van der Waals surface area contributed by atoms with E-state index in [9.17, 15) is 13.2 Å². The molecule has 0 radical (unpaired) electrons. The lowest BCUT2D eigenvalue weighted by Crippen LogP contribution is -2.51. The molecule has 0 bridgehead atoms. The van der Waals surface area contributed by atoms with E-state index in [0.29, 0.717) is 41.8 Å². The molecule has 1 aromatic carbocycles. The summed E-state index contributed by atoms with van der Waals surface area (Å²) in [4.78, 5) is 15.8. The van der Waals surface area contributed by atoms with Crippen LogP contribution in [0.15, 0.2) is 29.2 Å². The summed E-state index contributed by atoms with van der Waals surface area (Å²) in [6.07, 6.45) is 2.89. The van der Waals surface area contributed by atoms with Crippen molar-refractivity contribution in [1.82, 2.24) is 9.21 Å².